The molecule has 2 aliphatic rings. The fourth-order valence-corrected chi connectivity index (χ4v) is 7.98. The van der Waals surface area contributed by atoms with Gasteiger partial charge < -0.3 is 8.85 Å². The molecule has 2 nitrogen and oxygen atoms in total. The van der Waals surface area contributed by atoms with Gasteiger partial charge in [0.25, 0.3) is 0 Å². The standard InChI is InChI=1S/C26H32O2Si/c1-19(2)29(20(3)4,27-25-17-9-13-21-11-5-7-15-23(21)25)28-26-18-10-14-22-12-6-8-16-24(22)26/h5-8,11-12,15-20H,9-10,13-14H2,1-4H3. The minimum absolute atomic E-state index is 0.326. The number of hydrogen-bond acceptors (Lipinski definition) is 2. The average Bonchev–Trinajstić information content (AvgIpc) is 2.73. The molecule has 0 aliphatic heterocycles. The first-order valence-corrected chi connectivity index (χ1v) is 12.9. The van der Waals surface area contributed by atoms with Crippen molar-refractivity contribution < 1.29 is 8.85 Å². The zero-order valence-electron chi connectivity index (χ0n) is 18.1. The topological polar surface area (TPSA) is 18.5 Å². The van der Waals surface area contributed by atoms with Crippen molar-refractivity contribution in [1.82, 2.24) is 0 Å². The Labute approximate surface area is 176 Å². The molecule has 0 saturated carbocycles. The van der Waals surface area contributed by atoms with Crippen LogP contribution in [0, 0.1) is 0 Å². The minimum Gasteiger partial charge on any atom is -0.511 e. The van der Waals surface area contributed by atoms with Gasteiger partial charge in [0, 0.05) is 22.2 Å². The van der Waals surface area contributed by atoms with Crippen LogP contribution in [0.5, 0.6) is 0 Å². The van der Waals surface area contributed by atoms with Crippen LogP contribution in [-0.2, 0) is 21.7 Å². The Kier molecular flexibility index (Phi) is 5.69. The van der Waals surface area contributed by atoms with Crippen LogP contribution in [0.25, 0.3) is 11.5 Å². The Balaban J connectivity index is 1.71. The lowest BCUT2D eigenvalue weighted by Crippen LogP contribution is -2.47. The Bertz CT molecular complexity index is 862. The molecule has 0 spiro atoms. The molecule has 0 aromatic heterocycles. The molecule has 0 unspecified atom stereocenters. The van der Waals surface area contributed by atoms with E-state index in [2.05, 4.69) is 88.4 Å². The fraction of sp³-hybridized carbons (Fsp3) is 0.385. The third kappa shape index (κ3) is 3.80. The Morgan fingerprint density at radius 1 is 0.655 bits per heavy atom. The highest BCUT2D eigenvalue weighted by atomic mass is 28.4. The maximum absolute atomic E-state index is 6.98. The summed E-state index contributed by atoms with van der Waals surface area (Å²) < 4.78 is 14.0. The maximum Gasteiger partial charge on any atom is 0.465 e. The lowest BCUT2D eigenvalue weighted by molar-refractivity contribution is 0.305. The maximum atomic E-state index is 6.98. The molecule has 0 saturated heterocycles. The van der Waals surface area contributed by atoms with Crippen LogP contribution >= 0.6 is 0 Å². The summed E-state index contributed by atoms with van der Waals surface area (Å²) in [4.78, 5) is 0. The second kappa shape index (κ2) is 8.23. The summed E-state index contributed by atoms with van der Waals surface area (Å²) in [5.74, 6) is 2.04. The first kappa shape index (κ1) is 20.0. The predicted molar refractivity (Wildman–Crippen MR) is 124 cm³/mol. The lowest BCUT2D eigenvalue weighted by atomic mass is 9.96. The van der Waals surface area contributed by atoms with Crippen LogP contribution in [0.2, 0.25) is 11.1 Å². The molecular weight excluding hydrogens is 372 g/mol. The highest BCUT2D eigenvalue weighted by molar-refractivity contribution is 6.71. The SMILES string of the molecule is CC(C)[Si](OC1=CCCc2ccccc21)(OC1=CCCc2ccccc21)C(C)C. The lowest BCUT2D eigenvalue weighted by Gasteiger charge is -2.40. The van der Waals surface area contributed by atoms with Crippen molar-refractivity contribution >= 4 is 20.1 Å². The highest BCUT2D eigenvalue weighted by Crippen LogP contribution is 2.43. The van der Waals surface area contributed by atoms with Gasteiger partial charge in [-0.25, -0.2) is 0 Å². The van der Waals surface area contributed by atoms with Crippen molar-refractivity contribution in [2.75, 3.05) is 0 Å². The Hall–Kier alpha value is -2.26. The largest absolute Gasteiger partial charge is 0.511 e. The van der Waals surface area contributed by atoms with Gasteiger partial charge in [-0.2, -0.15) is 0 Å². The zero-order valence-corrected chi connectivity index (χ0v) is 19.1. The molecule has 4 rings (SSSR count). The summed E-state index contributed by atoms with van der Waals surface area (Å²) >= 11 is 0. The molecule has 0 atom stereocenters. The monoisotopic (exact) mass is 404 g/mol. The summed E-state index contributed by atoms with van der Waals surface area (Å²) in [6.45, 7) is 9.04. The van der Waals surface area contributed by atoms with Gasteiger partial charge in [-0.05, 0) is 49.0 Å². The molecule has 0 amide bonds. The van der Waals surface area contributed by atoms with Crippen molar-refractivity contribution in [1.29, 1.82) is 0 Å². The Morgan fingerprint density at radius 2 is 1.07 bits per heavy atom. The molecule has 3 heteroatoms. The molecule has 152 valence electrons. The van der Waals surface area contributed by atoms with Crippen LogP contribution < -0.4 is 0 Å². The van der Waals surface area contributed by atoms with E-state index in [9.17, 15) is 0 Å². The van der Waals surface area contributed by atoms with Gasteiger partial charge in [0.15, 0.2) is 0 Å². The van der Waals surface area contributed by atoms with E-state index in [4.69, 9.17) is 8.85 Å². The summed E-state index contributed by atoms with van der Waals surface area (Å²) in [5.41, 5.74) is 5.88. The molecule has 29 heavy (non-hydrogen) atoms. The summed E-state index contributed by atoms with van der Waals surface area (Å²) in [6.07, 6.45) is 8.75. The number of fused-ring (bicyclic) bond motifs is 2. The van der Waals surface area contributed by atoms with Gasteiger partial charge >= 0.3 is 8.56 Å². The molecule has 0 heterocycles. The van der Waals surface area contributed by atoms with E-state index in [1.165, 1.54) is 22.3 Å². The molecular formula is C26H32O2Si. The van der Waals surface area contributed by atoms with Gasteiger partial charge in [0.2, 0.25) is 0 Å². The molecule has 0 N–H and O–H groups in total. The summed E-state index contributed by atoms with van der Waals surface area (Å²) in [6, 6.07) is 17.3. The van der Waals surface area contributed by atoms with E-state index >= 15 is 0 Å². The van der Waals surface area contributed by atoms with Crippen molar-refractivity contribution in [3.8, 4) is 0 Å². The van der Waals surface area contributed by atoms with E-state index in [-0.39, 0.29) is 0 Å². The van der Waals surface area contributed by atoms with E-state index < -0.39 is 8.56 Å². The van der Waals surface area contributed by atoms with Gasteiger partial charge in [-0.3, -0.25) is 0 Å². The van der Waals surface area contributed by atoms with Crippen molar-refractivity contribution in [2.24, 2.45) is 0 Å². The van der Waals surface area contributed by atoms with Crippen molar-refractivity contribution in [2.45, 2.75) is 64.5 Å². The molecule has 0 radical (unpaired) electrons. The number of aryl methyl sites for hydroxylation is 2. The third-order valence-corrected chi connectivity index (χ3v) is 10.5. The van der Waals surface area contributed by atoms with Gasteiger partial charge in [-0.15, -0.1) is 0 Å². The van der Waals surface area contributed by atoms with Crippen LogP contribution in [0.1, 0.15) is 62.8 Å². The number of hydrogen-bond donors (Lipinski definition) is 0. The molecule has 0 fully saturated rings. The normalized spacial score (nSPS) is 16.1. The second-order valence-electron chi connectivity index (χ2n) is 8.76. The first-order chi connectivity index (χ1) is 14.0. The van der Waals surface area contributed by atoms with Gasteiger partial charge in [0.1, 0.15) is 11.5 Å². The van der Waals surface area contributed by atoms with E-state index in [1.54, 1.807) is 0 Å². The van der Waals surface area contributed by atoms with Crippen LogP contribution in [0.3, 0.4) is 0 Å². The summed E-state index contributed by atoms with van der Waals surface area (Å²) in [5, 5.41) is 0. The smallest absolute Gasteiger partial charge is 0.465 e. The first-order valence-electron chi connectivity index (χ1n) is 11.0. The highest BCUT2D eigenvalue weighted by Gasteiger charge is 2.50. The molecule has 2 aliphatic carbocycles. The van der Waals surface area contributed by atoms with Crippen LogP contribution in [0.15, 0.2) is 60.7 Å². The van der Waals surface area contributed by atoms with Gasteiger partial charge in [-0.1, -0.05) is 76.2 Å². The van der Waals surface area contributed by atoms with E-state index in [0.29, 0.717) is 11.1 Å². The average molecular weight is 405 g/mol. The van der Waals surface area contributed by atoms with Crippen molar-refractivity contribution in [3.63, 3.8) is 0 Å². The van der Waals surface area contributed by atoms with Crippen LogP contribution in [0.4, 0.5) is 0 Å². The molecule has 0 bridgehead atoms. The molecule has 2 aromatic rings. The predicted octanol–water partition coefficient (Wildman–Crippen LogP) is 7.26. The number of allylic oxidation sites excluding steroid dienone is 2. The van der Waals surface area contributed by atoms with Gasteiger partial charge in [0.05, 0.1) is 0 Å². The Morgan fingerprint density at radius 3 is 1.48 bits per heavy atom. The van der Waals surface area contributed by atoms with E-state index in [0.717, 1.165) is 37.2 Å². The number of benzene rings is 2. The quantitative estimate of drug-likeness (QED) is 0.472. The van der Waals surface area contributed by atoms with Crippen molar-refractivity contribution in [3.05, 3.63) is 82.9 Å². The summed E-state index contributed by atoms with van der Waals surface area (Å²) in [7, 11) is -2.60. The zero-order chi connectivity index (χ0) is 20.4. The second-order valence-corrected chi connectivity index (χ2v) is 12.9. The fourth-order valence-electron chi connectivity index (χ4n) is 4.59. The minimum atomic E-state index is -2.60. The van der Waals surface area contributed by atoms with Crippen LogP contribution in [-0.4, -0.2) is 8.56 Å². The van der Waals surface area contributed by atoms with E-state index in [1.807, 2.05) is 0 Å². The molecule has 2 aromatic carbocycles. The number of rotatable bonds is 6. The third-order valence-electron chi connectivity index (χ3n) is 6.20.